The van der Waals surface area contributed by atoms with Crippen LogP contribution in [0.1, 0.15) is 5.56 Å². The van der Waals surface area contributed by atoms with Gasteiger partial charge in [-0.3, -0.25) is 5.32 Å². The third-order valence-corrected chi connectivity index (χ3v) is 4.60. The molecule has 0 aromatic heterocycles. The summed E-state index contributed by atoms with van der Waals surface area (Å²) < 4.78 is 17.6. The van der Waals surface area contributed by atoms with E-state index in [1.54, 1.807) is 24.3 Å². The number of piperazine rings is 1. The van der Waals surface area contributed by atoms with Gasteiger partial charge >= 0.3 is 6.09 Å². The average Bonchev–Trinajstić information content (AvgIpc) is 2.73. The summed E-state index contributed by atoms with van der Waals surface area (Å²) in [6.07, 6.45) is -0.505. The largest absolute Gasteiger partial charge is 0.453 e. The van der Waals surface area contributed by atoms with Crippen molar-refractivity contribution in [2.24, 2.45) is 10.7 Å². The lowest BCUT2D eigenvalue weighted by atomic mass is 10.2. The van der Waals surface area contributed by atoms with Crippen molar-refractivity contribution >= 4 is 47.4 Å². The maximum Gasteiger partial charge on any atom is 0.411 e. The molecule has 1 fully saturated rings. The zero-order valence-corrected chi connectivity index (χ0v) is 18.5. The number of guanidine groups is 1. The second-order valence-electron chi connectivity index (χ2n) is 6.44. The molecule has 1 aliphatic rings. The number of hydrogen-bond donors (Lipinski definition) is 2. The fourth-order valence-corrected chi connectivity index (χ4v) is 2.98. The molecule has 2 aromatic rings. The first-order valence-electron chi connectivity index (χ1n) is 9.04. The van der Waals surface area contributed by atoms with Gasteiger partial charge in [-0.25, -0.2) is 14.2 Å². The monoisotopic (exact) mass is 513 g/mol. The highest BCUT2D eigenvalue weighted by atomic mass is 127. The normalized spacial score (nSPS) is 14.2. The highest BCUT2D eigenvalue weighted by molar-refractivity contribution is 14.0. The number of rotatable bonds is 4. The Morgan fingerprint density at radius 2 is 1.72 bits per heavy atom. The standard InChI is InChI=1S/C20H24FN5O2.HI/c1-28-20(27)24-17-6-2-15(3-7-17)14-23-19(22)26-12-10-25(11-13-26)18-8-4-16(21)5-9-18;/h2-9H,10-14H2,1H3,(H2,22,23)(H,24,27);1H. The van der Waals surface area contributed by atoms with Crippen LogP contribution in [0.2, 0.25) is 0 Å². The Balaban J connectivity index is 0.00000300. The number of carbonyl (C=O) groups is 1. The average molecular weight is 513 g/mol. The number of nitrogens with one attached hydrogen (secondary N) is 1. The zero-order valence-electron chi connectivity index (χ0n) is 16.2. The molecule has 0 bridgehead atoms. The van der Waals surface area contributed by atoms with E-state index in [0.29, 0.717) is 18.2 Å². The van der Waals surface area contributed by atoms with Crippen molar-refractivity contribution in [2.45, 2.75) is 6.54 Å². The second-order valence-corrected chi connectivity index (χ2v) is 6.44. The van der Waals surface area contributed by atoms with Gasteiger partial charge in [0.25, 0.3) is 0 Å². The van der Waals surface area contributed by atoms with E-state index in [9.17, 15) is 9.18 Å². The summed E-state index contributed by atoms with van der Waals surface area (Å²) >= 11 is 0. The van der Waals surface area contributed by atoms with E-state index in [2.05, 4.69) is 19.9 Å². The Morgan fingerprint density at radius 1 is 1.10 bits per heavy atom. The molecule has 1 heterocycles. The lowest BCUT2D eigenvalue weighted by molar-refractivity contribution is 0.187. The van der Waals surface area contributed by atoms with Gasteiger partial charge < -0.3 is 20.3 Å². The number of benzene rings is 2. The maximum absolute atomic E-state index is 13.1. The van der Waals surface area contributed by atoms with Crippen molar-refractivity contribution in [3.8, 4) is 0 Å². The molecule has 0 saturated carbocycles. The smallest absolute Gasteiger partial charge is 0.411 e. The summed E-state index contributed by atoms with van der Waals surface area (Å²) in [4.78, 5) is 19.9. The van der Waals surface area contributed by atoms with Crippen LogP contribution in [0.4, 0.5) is 20.6 Å². The van der Waals surface area contributed by atoms with E-state index in [0.717, 1.165) is 37.4 Å². The van der Waals surface area contributed by atoms with Crippen LogP contribution in [0, 0.1) is 5.82 Å². The first-order chi connectivity index (χ1) is 13.5. The van der Waals surface area contributed by atoms with Gasteiger partial charge in [0.2, 0.25) is 0 Å². The first-order valence-corrected chi connectivity index (χ1v) is 9.04. The molecule has 156 valence electrons. The molecule has 2 aromatic carbocycles. The molecule has 0 spiro atoms. The predicted molar refractivity (Wildman–Crippen MR) is 123 cm³/mol. The third kappa shape index (κ3) is 6.48. The number of methoxy groups -OCH3 is 1. The number of anilines is 2. The summed E-state index contributed by atoms with van der Waals surface area (Å²) in [5.41, 5.74) is 8.81. The Morgan fingerprint density at radius 3 is 2.31 bits per heavy atom. The van der Waals surface area contributed by atoms with Crippen LogP contribution in [-0.4, -0.2) is 50.2 Å². The van der Waals surface area contributed by atoms with Gasteiger partial charge in [-0.05, 0) is 42.0 Å². The molecule has 0 atom stereocenters. The molecule has 3 rings (SSSR count). The van der Waals surface area contributed by atoms with Gasteiger partial charge in [0.1, 0.15) is 5.82 Å². The lowest BCUT2D eigenvalue weighted by Crippen LogP contribution is -2.51. The van der Waals surface area contributed by atoms with E-state index in [4.69, 9.17) is 5.73 Å². The molecule has 0 unspecified atom stereocenters. The van der Waals surface area contributed by atoms with Gasteiger partial charge in [-0.1, -0.05) is 12.1 Å². The summed E-state index contributed by atoms with van der Waals surface area (Å²) in [6, 6.07) is 13.9. The van der Waals surface area contributed by atoms with Crippen molar-refractivity contribution in [1.82, 2.24) is 4.90 Å². The van der Waals surface area contributed by atoms with Crippen LogP contribution in [0.15, 0.2) is 53.5 Å². The Bertz CT molecular complexity index is 822. The molecule has 3 N–H and O–H groups in total. The van der Waals surface area contributed by atoms with E-state index < -0.39 is 6.09 Å². The third-order valence-electron chi connectivity index (χ3n) is 4.60. The van der Waals surface area contributed by atoms with Crippen LogP contribution in [-0.2, 0) is 11.3 Å². The van der Waals surface area contributed by atoms with Crippen molar-refractivity contribution in [2.75, 3.05) is 43.5 Å². The molecule has 29 heavy (non-hydrogen) atoms. The SMILES string of the molecule is COC(=O)Nc1ccc(CN=C(N)N2CCN(c3ccc(F)cc3)CC2)cc1.I. The fraction of sp³-hybridized carbons (Fsp3) is 0.300. The molecule has 1 amide bonds. The van der Waals surface area contributed by atoms with Gasteiger partial charge in [0, 0.05) is 37.6 Å². The summed E-state index contributed by atoms with van der Waals surface area (Å²) in [5.74, 6) is 0.281. The van der Waals surface area contributed by atoms with Gasteiger partial charge in [-0.15, -0.1) is 24.0 Å². The van der Waals surface area contributed by atoms with Crippen LogP contribution in [0.3, 0.4) is 0 Å². The predicted octanol–water partition coefficient (Wildman–Crippen LogP) is 3.26. The van der Waals surface area contributed by atoms with Gasteiger partial charge in [0.05, 0.1) is 13.7 Å². The second kappa shape index (κ2) is 10.8. The van der Waals surface area contributed by atoms with Crippen molar-refractivity contribution in [3.63, 3.8) is 0 Å². The Kier molecular flexibility index (Phi) is 8.50. The molecule has 0 radical (unpaired) electrons. The topological polar surface area (TPSA) is 83.2 Å². The minimum absolute atomic E-state index is 0. The maximum atomic E-state index is 13.1. The van der Waals surface area contributed by atoms with E-state index >= 15 is 0 Å². The number of carbonyl (C=O) groups excluding carboxylic acids is 1. The molecule has 0 aliphatic carbocycles. The number of nitrogens with zero attached hydrogens (tertiary/aromatic N) is 3. The Hall–Kier alpha value is -2.56. The number of amides is 1. The van der Waals surface area contributed by atoms with Crippen LogP contribution >= 0.6 is 24.0 Å². The lowest BCUT2D eigenvalue weighted by Gasteiger charge is -2.36. The van der Waals surface area contributed by atoms with Crippen molar-refractivity contribution in [1.29, 1.82) is 0 Å². The van der Waals surface area contributed by atoms with Gasteiger partial charge in [0.15, 0.2) is 5.96 Å². The number of nitrogens with two attached hydrogens (primary N) is 1. The number of ether oxygens (including phenoxy) is 1. The minimum atomic E-state index is -0.505. The minimum Gasteiger partial charge on any atom is -0.453 e. The Labute approximate surface area is 186 Å². The highest BCUT2D eigenvalue weighted by Gasteiger charge is 2.18. The van der Waals surface area contributed by atoms with E-state index in [-0.39, 0.29) is 29.8 Å². The zero-order chi connectivity index (χ0) is 19.9. The van der Waals surface area contributed by atoms with Crippen molar-refractivity contribution < 1.29 is 13.9 Å². The molecule has 9 heteroatoms. The first kappa shape index (κ1) is 22.7. The number of halogens is 2. The van der Waals surface area contributed by atoms with Crippen LogP contribution in [0.25, 0.3) is 0 Å². The molecular formula is C20H25FIN5O2. The van der Waals surface area contributed by atoms with E-state index in [1.807, 2.05) is 17.0 Å². The van der Waals surface area contributed by atoms with Gasteiger partial charge in [-0.2, -0.15) is 0 Å². The molecule has 1 saturated heterocycles. The number of hydrogen-bond acceptors (Lipinski definition) is 4. The molecule has 1 aliphatic heterocycles. The quantitative estimate of drug-likeness (QED) is 0.373. The van der Waals surface area contributed by atoms with Crippen molar-refractivity contribution in [3.05, 3.63) is 59.9 Å². The van der Waals surface area contributed by atoms with E-state index in [1.165, 1.54) is 19.2 Å². The highest BCUT2D eigenvalue weighted by Crippen LogP contribution is 2.17. The summed E-state index contributed by atoms with van der Waals surface area (Å²) in [7, 11) is 1.32. The summed E-state index contributed by atoms with van der Waals surface area (Å²) in [5, 5.41) is 2.60. The van der Waals surface area contributed by atoms with Crippen LogP contribution < -0.4 is 16.0 Å². The summed E-state index contributed by atoms with van der Waals surface area (Å²) in [6.45, 7) is 3.58. The molecule has 7 nitrogen and oxygen atoms in total. The van der Waals surface area contributed by atoms with Crippen LogP contribution in [0.5, 0.6) is 0 Å². The fourth-order valence-electron chi connectivity index (χ4n) is 2.98. The number of aliphatic imine (C=N–C) groups is 1. The molecular weight excluding hydrogens is 488 g/mol.